The van der Waals surface area contributed by atoms with E-state index in [9.17, 15) is 14.7 Å². The highest BCUT2D eigenvalue weighted by molar-refractivity contribution is 5.99. The van der Waals surface area contributed by atoms with Crippen molar-refractivity contribution in [2.45, 2.75) is 32.1 Å². The molecule has 2 rings (SSSR count). The Hall–Kier alpha value is -3.02. The summed E-state index contributed by atoms with van der Waals surface area (Å²) in [6.45, 7) is 0. The Bertz CT molecular complexity index is 828. The lowest BCUT2D eigenvalue weighted by Crippen LogP contribution is -2.09. The summed E-state index contributed by atoms with van der Waals surface area (Å²) in [6.07, 6.45) is 1.55. The standard InChI is InChI=1S/C22H26O6/c1-26-20-11-7-16(13-22(20)28-3)5-9-18(24)14-17(23)8-4-15-6-10-19(25)21(12-15)27-2/h6-7,10-13,25H,4-5,8-9,14H2,1-3H3. The molecular formula is C22H26O6. The Morgan fingerprint density at radius 2 is 1.25 bits per heavy atom. The highest BCUT2D eigenvalue weighted by atomic mass is 16.5. The number of carbonyl (C=O) groups is 2. The molecule has 0 aliphatic heterocycles. The van der Waals surface area contributed by atoms with E-state index >= 15 is 0 Å². The van der Waals surface area contributed by atoms with Gasteiger partial charge in [-0.3, -0.25) is 9.59 Å². The second-order valence-electron chi connectivity index (χ2n) is 6.45. The van der Waals surface area contributed by atoms with Crippen molar-refractivity contribution in [3.63, 3.8) is 0 Å². The summed E-state index contributed by atoms with van der Waals surface area (Å²) in [7, 11) is 4.61. The van der Waals surface area contributed by atoms with Gasteiger partial charge in [-0.2, -0.15) is 0 Å². The van der Waals surface area contributed by atoms with Crippen LogP contribution >= 0.6 is 0 Å². The minimum Gasteiger partial charge on any atom is -0.504 e. The average Bonchev–Trinajstić information content (AvgIpc) is 2.71. The molecule has 0 spiro atoms. The number of methoxy groups -OCH3 is 3. The van der Waals surface area contributed by atoms with Crippen LogP contribution in [0.3, 0.4) is 0 Å². The number of phenolic OH excluding ortho intramolecular Hbond substituents is 1. The van der Waals surface area contributed by atoms with Crippen LogP contribution < -0.4 is 14.2 Å². The summed E-state index contributed by atoms with van der Waals surface area (Å²) in [6, 6.07) is 10.5. The molecule has 150 valence electrons. The molecule has 0 fully saturated rings. The quantitative estimate of drug-likeness (QED) is 0.595. The summed E-state index contributed by atoms with van der Waals surface area (Å²) in [5.74, 6) is 1.51. The number of benzene rings is 2. The molecule has 0 aliphatic rings. The molecular weight excluding hydrogens is 360 g/mol. The first-order valence-corrected chi connectivity index (χ1v) is 9.07. The highest BCUT2D eigenvalue weighted by Gasteiger charge is 2.12. The van der Waals surface area contributed by atoms with Gasteiger partial charge in [-0.05, 0) is 48.2 Å². The van der Waals surface area contributed by atoms with Crippen molar-refractivity contribution >= 4 is 11.6 Å². The molecule has 0 saturated carbocycles. The second-order valence-corrected chi connectivity index (χ2v) is 6.45. The van der Waals surface area contributed by atoms with E-state index in [4.69, 9.17) is 14.2 Å². The Morgan fingerprint density at radius 3 is 1.79 bits per heavy atom. The molecule has 0 unspecified atom stereocenters. The molecule has 0 saturated heterocycles. The van der Waals surface area contributed by atoms with Gasteiger partial charge in [-0.1, -0.05) is 12.1 Å². The number of hydrogen-bond acceptors (Lipinski definition) is 6. The number of ketones is 2. The Balaban J connectivity index is 1.80. The minimum atomic E-state index is -0.0932. The van der Waals surface area contributed by atoms with E-state index in [0.717, 1.165) is 11.1 Å². The number of aryl methyl sites for hydroxylation is 2. The molecule has 0 atom stereocenters. The summed E-state index contributed by atoms with van der Waals surface area (Å²) in [4.78, 5) is 24.2. The fourth-order valence-electron chi connectivity index (χ4n) is 2.88. The van der Waals surface area contributed by atoms with E-state index in [-0.39, 0.29) is 30.2 Å². The SMILES string of the molecule is COc1cc(CCC(=O)CC(=O)CCc2ccc(OC)c(OC)c2)ccc1O. The van der Waals surface area contributed by atoms with Gasteiger partial charge in [0.2, 0.25) is 0 Å². The minimum absolute atomic E-state index is 0.0583. The van der Waals surface area contributed by atoms with E-state index in [2.05, 4.69) is 0 Å². The zero-order valence-corrected chi connectivity index (χ0v) is 16.5. The Labute approximate surface area is 165 Å². The van der Waals surface area contributed by atoms with E-state index in [1.165, 1.54) is 13.2 Å². The number of Topliss-reactive ketones (excluding diaryl/α,β-unsaturated/α-hetero) is 2. The first-order chi connectivity index (χ1) is 13.5. The van der Waals surface area contributed by atoms with Crippen molar-refractivity contribution in [3.05, 3.63) is 47.5 Å². The van der Waals surface area contributed by atoms with Crippen molar-refractivity contribution in [1.82, 2.24) is 0 Å². The largest absolute Gasteiger partial charge is 0.504 e. The maximum atomic E-state index is 12.1. The van der Waals surface area contributed by atoms with Gasteiger partial charge in [-0.25, -0.2) is 0 Å². The van der Waals surface area contributed by atoms with Crippen molar-refractivity contribution in [2.75, 3.05) is 21.3 Å². The number of hydrogen-bond donors (Lipinski definition) is 1. The lowest BCUT2D eigenvalue weighted by molar-refractivity contribution is -0.126. The monoisotopic (exact) mass is 386 g/mol. The summed E-state index contributed by atoms with van der Waals surface area (Å²) in [5.41, 5.74) is 1.83. The fourth-order valence-corrected chi connectivity index (χ4v) is 2.88. The number of rotatable bonds is 11. The zero-order valence-electron chi connectivity index (χ0n) is 16.5. The van der Waals surface area contributed by atoms with E-state index < -0.39 is 0 Å². The van der Waals surface area contributed by atoms with Crippen LogP contribution in [0.5, 0.6) is 23.0 Å². The van der Waals surface area contributed by atoms with Crippen LogP contribution in [0.2, 0.25) is 0 Å². The lowest BCUT2D eigenvalue weighted by Gasteiger charge is -2.09. The van der Waals surface area contributed by atoms with Crippen LogP contribution in [0, 0.1) is 0 Å². The van der Waals surface area contributed by atoms with Gasteiger partial charge in [0.15, 0.2) is 23.0 Å². The molecule has 2 aromatic rings. The lowest BCUT2D eigenvalue weighted by atomic mass is 10.0. The van der Waals surface area contributed by atoms with Gasteiger partial charge >= 0.3 is 0 Å². The van der Waals surface area contributed by atoms with Crippen molar-refractivity contribution in [2.24, 2.45) is 0 Å². The van der Waals surface area contributed by atoms with Crippen molar-refractivity contribution in [1.29, 1.82) is 0 Å². The number of ether oxygens (including phenoxy) is 3. The second kappa shape index (κ2) is 10.3. The topological polar surface area (TPSA) is 82.1 Å². The predicted octanol–water partition coefficient (Wildman–Crippen LogP) is 3.51. The Morgan fingerprint density at radius 1 is 0.750 bits per heavy atom. The van der Waals surface area contributed by atoms with E-state index in [1.54, 1.807) is 32.4 Å². The van der Waals surface area contributed by atoms with Gasteiger partial charge < -0.3 is 19.3 Å². The summed E-state index contributed by atoms with van der Waals surface area (Å²) < 4.78 is 15.5. The van der Waals surface area contributed by atoms with Crippen LogP contribution in [-0.2, 0) is 22.4 Å². The molecule has 1 N–H and O–H groups in total. The van der Waals surface area contributed by atoms with Crippen molar-refractivity contribution < 1.29 is 28.9 Å². The number of carbonyl (C=O) groups excluding carboxylic acids is 2. The normalized spacial score (nSPS) is 10.4. The van der Waals surface area contributed by atoms with E-state index in [1.807, 2.05) is 12.1 Å². The molecule has 0 heterocycles. The highest BCUT2D eigenvalue weighted by Crippen LogP contribution is 2.28. The van der Waals surface area contributed by atoms with Gasteiger partial charge in [-0.15, -0.1) is 0 Å². The van der Waals surface area contributed by atoms with Crippen molar-refractivity contribution in [3.8, 4) is 23.0 Å². The third-order valence-corrected chi connectivity index (χ3v) is 4.47. The summed E-state index contributed by atoms with van der Waals surface area (Å²) >= 11 is 0. The molecule has 0 aromatic heterocycles. The Kier molecular flexibility index (Phi) is 7.87. The van der Waals surface area contributed by atoms with Crippen LogP contribution in [0.1, 0.15) is 30.4 Å². The predicted molar refractivity (Wildman–Crippen MR) is 105 cm³/mol. The zero-order chi connectivity index (χ0) is 20.5. The average molecular weight is 386 g/mol. The van der Waals surface area contributed by atoms with Crippen LogP contribution in [-0.4, -0.2) is 38.0 Å². The van der Waals surface area contributed by atoms with Gasteiger partial charge in [0.1, 0.15) is 11.6 Å². The molecule has 6 nitrogen and oxygen atoms in total. The van der Waals surface area contributed by atoms with Gasteiger partial charge in [0, 0.05) is 12.8 Å². The van der Waals surface area contributed by atoms with Crippen LogP contribution in [0.15, 0.2) is 36.4 Å². The van der Waals surface area contributed by atoms with Crippen LogP contribution in [0.4, 0.5) is 0 Å². The molecule has 0 amide bonds. The first kappa shape index (κ1) is 21.3. The summed E-state index contributed by atoms with van der Waals surface area (Å²) in [5, 5.41) is 9.60. The smallest absolute Gasteiger partial charge is 0.160 e. The number of aromatic hydroxyl groups is 1. The molecule has 0 aliphatic carbocycles. The van der Waals surface area contributed by atoms with Gasteiger partial charge in [0.05, 0.1) is 27.8 Å². The van der Waals surface area contributed by atoms with E-state index in [0.29, 0.717) is 36.5 Å². The maximum Gasteiger partial charge on any atom is 0.160 e. The fraction of sp³-hybridized carbons (Fsp3) is 0.364. The molecule has 28 heavy (non-hydrogen) atoms. The third kappa shape index (κ3) is 6.01. The number of phenols is 1. The van der Waals surface area contributed by atoms with Crippen LogP contribution in [0.25, 0.3) is 0 Å². The molecule has 0 bridgehead atoms. The molecule has 6 heteroatoms. The van der Waals surface area contributed by atoms with Gasteiger partial charge in [0.25, 0.3) is 0 Å². The molecule has 2 aromatic carbocycles. The third-order valence-electron chi connectivity index (χ3n) is 4.47. The maximum absolute atomic E-state index is 12.1. The molecule has 0 radical (unpaired) electrons. The first-order valence-electron chi connectivity index (χ1n) is 9.07.